The average molecular weight is 663 g/mol. The zero-order valence-corrected chi connectivity index (χ0v) is 30.5. The van der Waals surface area contributed by atoms with Crippen LogP contribution in [0.2, 0.25) is 0 Å². The first-order chi connectivity index (χ1) is 20.4. The first kappa shape index (κ1) is 51.2. The van der Waals surface area contributed by atoms with Gasteiger partial charge in [0.25, 0.3) is 0 Å². The van der Waals surface area contributed by atoms with Crippen LogP contribution in [-0.2, 0) is 47.6 Å². The van der Waals surface area contributed by atoms with Crippen molar-refractivity contribution in [3.8, 4) is 0 Å². The number of Topliss-reactive ketones (excluding diaryl/α,β-unsaturated/α-hetero) is 1. The van der Waals surface area contributed by atoms with Gasteiger partial charge in [0.05, 0.1) is 19.3 Å². The van der Waals surface area contributed by atoms with Crippen LogP contribution in [0.25, 0.3) is 0 Å². The molecule has 260 valence electrons. The Morgan fingerprint density at radius 3 is 1.40 bits per heavy atom. The Morgan fingerprint density at radius 2 is 1.09 bits per heavy atom. The molecule has 0 saturated carbocycles. The predicted octanol–water partition coefficient (Wildman–Crippen LogP) is 3.94. The zero-order valence-electron chi connectivity index (χ0n) is 28.8. The van der Waals surface area contributed by atoms with Gasteiger partial charge in [-0.15, -0.1) is 0 Å². The first-order valence-corrected chi connectivity index (χ1v) is 16.9. The normalized spacial score (nSPS) is 9.53. The van der Waals surface area contributed by atoms with E-state index >= 15 is 0 Å². The van der Waals surface area contributed by atoms with Crippen molar-refractivity contribution in [2.24, 2.45) is 0 Å². The van der Waals surface area contributed by atoms with Crippen LogP contribution < -0.4 is 10.6 Å². The summed E-state index contributed by atoms with van der Waals surface area (Å²) < 4.78 is 27.4. The Labute approximate surface area is 269 Å². The standard InChI is InChI=1S/C10H19NO3S2.C7H15NO2.C4H8O3.2C4H10O/c1-14-8-10(13)11-6-3-4-9(12)5-7-16-15-2;1-3-4-5-8-7(9)6-10-2;1-6-3-4(5)7-2;2*1-4(2)5-3/h3-8H2,1-2H3,(H,11,13);3-6H2,1-2H3,(H,8,9);3H2,1-2H3;2*4H,1-3H3. The number of nitrogens with one attached hydrogen (secondary N) is 2. The van der Waals surface area contributed by atoms with Crippen LogP contribution in [0.5, 0.6) is 0 Å². The summed E-state index contributed by atoms with van der Waals surface area (Å²) in [5.74, 6) is 0.629. The Hall–Kier alpha value is -1.42. The Bertz CT molecular complexity index is 606. The van der Waals surface area contributed by atoms with Crippen molar-refractivity contribution >= 4 is 45.2 Å². The largest absolute Gasteiger partial charge is 0.467 e. The van der Waals surface area contributed by atoms with Crippen LogP contribution in [0, 0.1) is 0 Å². The molecule has 0 bridgehead atoms. The molecular weight excluding hydrogens is 600 g/mol. The zero-order chi connectivity index (χ0) is 34.3. The van der Waals surface area contributed by atoms with Gasteiger partial charge in [-0.2, -0.15) is 0 Å². The van der Waals surface area contributed by atoms with Crippen molar-refractivity contribution in [3.63, 3.8) is 0 Å². The monoisotopic (exact) mass is 662 g/mol. The number of carbonyl (C=O) groups is 4. The smallest absolute Gasteiger partial charge is 0.331 e. The fourth-order valence-electron chi connectivity index (χ4n) is 1.82. The summed E-state index contributed by atoms with van der Waals surface area (Å²) in [7, 11) is 12.5. The summed E-state index contributed by atoms with van der Waals surface area (Å²) in [4.78, 5) is 43.0. The molecular formula is C29H62N2O10S2. The maximum absolute atomic E-state index is 11.3. The van der Waals surface area contributed by atoms with Gasteiger partial charge in [0.15, 0.2) is 0 Å². The van der Waals surface area contributed by atoms with Gasteiger partial charge in [-0.1, -0.05) is 34.9 Å². The van der Waals surface area contributed by atoms with Crippen molar-refractivity contribution in [2.75, 3.05) is 87.6 Å². The second-order valence-electron chi connectivity index (χ2n) is 8.88. The lowest BCUT2D eigenvalue weighted by Crippen LogP contribution is -2.28. The van der Waals surface area contributed by atoms with Gasteiger partial charge in [0, 0.05) is 67.2 Å². The van der Waals surface area contributed by atoms with E-state index in [9.17, 15) is 19.2 Å². The molecule has 0 rings (SSSR count). The first-order valence-electron chi connectivity index (χ1n) is 14.2. The molecule has 0 aliphatic rings. The number of methoxy groups -OCH3 is 6. The number of amides is 2. The van der Waals surface area contributed by atoms with Crippen molar-refractivity contribution < 1.29 is 47.6 Å². The minimum atomic E-state index is -0.345. The van der Waals surface area contributed by atoms with Crippen LogP contribution in [0.3, 0.4) is 0 Å². The number of hydrogen-bond acceptors (Lipinski definition) is 12. The van der Waals surface area contributed by atoms with Gasteiger partial charge in [0.1, 0.15) is 25.6 Å². The molecule has 12 nitrogen and oxygen atoms in total. The maximum Gasteiger partial charge on any atom is 0.331 e. The molecule has 0 heterocycles. The molecule has 0 unspecified atom stereocenters. The van der Waals surface area contributed by atoms with Crippen molar-refractivity contribution in [1.29, 1.82) is 0 Å². The summed E-state index contributed by atoms with van der Waals surface area (Å²) in [6, 6.07) is 0. The second kappa shape index (κ2) is 45.0. The highest BCUT2D eigenvalue weighted by atomic mass is 33.1. The van der Waals surface area contributed by atoms with Crippen molar-refractivity contribution in [1.82, 2.24) is 10.6 Å². The van der Waals surface area contributed by atoms with Gasteiger partial charge in [-0.25, -0.2) is 4.79 Å². The lowest BCUT2D eigenvalue weighted by molar-refractivity contribution is -0.144. The van der Waals surface area contributed by atoms with Crippen LogP contribution in [0.15, 0.2) is 0 Å². The van der Waals surface area contributed by atoms with E-state index in [2.05, 4.69) is 36.5 Å². The fraction of sp³-hybridized carbons (Fsp3) is 0.862. The molecule has 0 aromatic heterocycles. The Kier molecular flexibility index (Phi) is 53.6. The molecule has 0 aliphatic heterocycles. The Balaban J connectivity index is -0.000000153. The molecule has 43 heavy (non-hydrogen) atoms. The van der Waals surface area contributed by atoms with Crippen molar-refractivity contribution in [2.45, 2.75) is 78.9 Å². The molecule has 14 heteroatoms. The van der Waals surface area contributed by atoms with Gasteiger partial charge in [-0.05, 0) is 46.8 Å². The highest BCUT2D eigenvalue weighted by molar-refractivity contribution is 8.76. The highest BCUT2D eigenvalue weighted by Gasteiger charge is 2.03. The molecule has 0 aromatic carbocycles. The third kappa shape index (κ3) is 64.6. The van der Waals surface area contributed by atoms with E-state index < -0.39 is 0 Å². The fourth-order valence-corrected chi connectivity index (χ4v) is 3.05. The number of carbonyl (C=O) groups excluding carboxylic acids is 4. The molecule has 0 aliphatic carbocycles. The lowest BCUT2D eigenvalue weighted by Gasteiger charge is -2.03. The van der Waals surface area contributed by atoms with Crippen LogP contribution in [0.1, 0.15) is 66.7 Å². The van der Waals surface area contributed by atoms with Gasteiger partial charge < -0.3 is 39.1 Å². The second-order valence-corrected chi connectivity index (χ2v) is 11.6. The van der Waals surface area contributed by atoms with Crippen LogP contribution in [0.4, 0.5) is 0 Å². The van der Waals surface area contributed by atoms with E-state index in [1.54, 1.807) is 35.8 Å². The van der Waals surface area contributed by atoms with E-state index in [-0.39, 0.29) is 43.4 Å². The van der Waals surface area contributed by atoms with E-state index in [0.717, 1.165) is 25.1 Å². The number of ether oxygens (including phenoxy) is 6. The number of hydrogen-bond donors (Lipinski definition) is 2. The molecule has 0 saturated heterocycles. The molecule has 0 aromatic rings. The molecule has 0 atom stereocenters. The van der Waals surface area contributed by atoms with E-state index in [1.807, 2.05) is 34.0 Å². The summed E-state index contributed by atoms with van der Waals surface area (Å²) in [5.41, 5.74) is 0. The van der Waals surface area contributed by atoms with Crippen molar-refractivity contribution in [3.05, 3.63) is 0 Å². The molecule has 0 radical (unpaired) electrons. The molecule has 2 amide bonds. The predicted molar refractivity (Wildman–Crippen MR) is 178 cm³/mol. The maximum atomic E-state index is 11.3. The third-order valence-electron chi connectivity index (χ3n) is 4.37. The summed E-state index contributed by atoms with van der Waals surface area (Å²) in [5, 5.41) is 5.40. The molecule has 0 spiro atoms. The molecule has 0 fully saturated rings. The number of ketones is 1. The average Bonchev–Trinajstić information content (AvgIpc) is 2.97. The summed E-state index contributed by atoms with van der Waals surface area (Å²) >= 11 is 0. The lowest BCUT2D eigenvalue weighted by atomic mass is 10.2. The number of rotatable bonds is 19. The third-order valence-corrected chi connectivity index (χ3v) is 6.19. The van der Waals surface area contributed by atoms with E-state index in [4.69, 9.17) is 9.47 Å². The van der Waals surface area contributed by atoms with Gasteiger partial charge >= 0.3 is 5.97 Å². The van der Waals surface area contributed by atoms with Gasteiger partial charge in [0.2, 0.25) is 11.8 Å². The topological polar surface area (TPSA) is 148 Å². The summed E-state index contributed by atoms with van der Waals surface area (Å²) in [6.45, 7) is 11.7. The highest BCUT2D eigenvalue weighted by Crippen LogP contribution is 2.17. The molecule has 2 N–H and O–H groups in total. The van der Waals surface area contributed by atoms with E-state index in [0.29, 0.717) is 38.0 Å². The van der Waals surface area contributed by atoms with E-state index in [1.165, 1.54) is 28.4 Å². The minimum Gasteiger partial charge on any atom is -0.467 e. The SMILES string of the molecule is CCCCNC(=O)COC.COC(C)C.COC(C)C.COCC(=O)NCCCC(=O)CCSSC.COCC(=O)OC. The van der Waals surface area contributed by atoms with Crippen LogP contribution in [-0.4, -0.2) is 123 Å². The Morgan fingerprint density at radius 1 is 0.674 bits per heavy atom. The van der Waals surface area contributed by atoms with Gasteiger partial charge in [-0.3, -0.25) is 14.4 Å². The quantitative estimate of drug-likeness (QED) is 0.117. The van der Waals surface area contributed by atoms with Crippen LogP contribution >= 0.6 is 21.6 Å². The summed E-state index contributed by atoms with van der Waals surface area (Å²) in [6.07, 6.45) is 6.78. The number of esters is 1. The number of unbranched alkanes of at least 4 members (excludes halogenated alkanes) is 1. The minimum absolute atomic E-state index is 0.0315.